The smallest absolute Gasteiger partial charge is 0.257 e. The van der Waals surface area contributed by atoms with Gasteiger partial charge in [0.05, 0.1) is 5.56 Å². The molecule has 0 spiro atoms. The van der Waals surface area contributed by atoms with Gasteiger partial charge in [0.1, 0.15) is 11.5 Å². The zero-order chi connectivity index (χ0) is 21.4. The number of carbonyl (C=O) groups is 1. The Bertz CT molecular complexity index is 769. The third-order valence-electron chi connectivity index (χ3n) is 5.62. The van der Waals surface area contributed by atoms with Crippen molar-refractivity contribution in [2.24, 2.45) is 0 Å². The molecule has 0 atom stereocenters. The van der Waals surface area contributed by atoms with Gasteiger partial charge in [0.2, 0.25) is 0 Å². The second kappa shape index (κ2) is 11.1. The fraction of sp³-hybridized carbons (Fsp3) is 0.560. The van der Waals surface area contributed by atoms with Crippen molar-refractivity contribution in [1.29, 1.82) is 0 Å². The topological polar surface area (TPSA) is 60.8 Å². The van der Waals surface area contributed by atoms with E-state index >= 15 is 0 Å². The average Bonchev–Trinajstić information content (AvgIpc) is 2.59. The highest BCUT2D eigenvalue weighted by molar-refractivity contribution is 5.99. The van der Waals surface area contributed by atoms with E-state index in [1.165, 1.54) is 11.1 Å². The number of amides is 1. The Kier molecular flexibility index (Phi) is 8.81. The SMILES string of the molecule is CCCCCc1cc(O)c(CC=C(C)CCC=C(C)C)c(O)c1C(=O)N1CCC1. The first-order chi connectivity index (χ1) is 13.8. The molecule has 29 heavy (non-hydrogen) atoms. The van der Waals surface area contributed by atoms with E-state index in [0.29, 0.717) is 24.0 Å². The molecule has 0 saturated carbocycles. The number of phenols is 2. The summed E-state index contributed by atoms with van der Waals surface area (Å²) in [5, 5.41) is 21.5. The van der Waals surface area contributed by atoms with Gasteiger partial charge in [-0.1, -0.05) is 43.1 Å². The van der Waals surface area contributed by atoms with Crippen LogP contribution in [-0.2, 0) is 12.8 Å². The van der Waals surface area contributed by atoms with Crippen LogP contribution in [0.25, 0.3) is 0 Å². The Morgan fingerprint density at radius 1 is 1.14 bits per heavy atom. The third kappa shape index (κ3) is 6.38. The standard InChI is InChI=1S/C25H37NO3/c1-5-6-7-12-20-17-22(27)21(14-13-19(4)11-8-10-18(2)3)24(28)23(20)25(29)26-15-9-16-26/h10,13,17,27-28H,5-9,11-12,14-16H2,1-4H3. The molecule has 4 nitrogen and oxygen atoms in total. The maximum Gasteiger partial charge on any atom is 0.257 e. The summed E-state index contributed by atoms with van der Waals surface area (Å²) < 4.78 is 0. The van der Waals surface area contributed by atoms with Crippen molar-refractivity contribution in [3.8, 4) is 11.5 Å². The van der Waals surface area contributed by atoms with Crippen LogP contribution < -0.4 is 0 Å². The Balaban J connectivity index is 2.27. The number of hydrogen-bond acceptors (Lipinski definition) is 3. The van der Waals surface area contributed by atoms with E-state index in [2.05, 4.69) is 33.8 Å². The van der Waals surface area contributed by atoms with Crippen LogP contribution in [0.5, 0.6) is 11.5 Å². The first-order valence-corrected chi connectivity index (χ1v) is 11.0. The van der Waals surface area contributed by atoms with E-state index in [0.717, 1.165) is 57.2 Å². The molecule has 1 aliphatic rings. The highest BCUT2D eigenvalue weighted by Crippen LogP contribution is 2.37. The molecule has 1 heterocycles. The number of unbranched alkanes of at least 4 members (excludes halogenated alkanes) is 2. The van der Waals surface area contributed by atoms with Crippen molar-refractivity contribution in [3.05, 3.63) is 46.1 Å². The molecular formula is C25H37NO3. The summed E-state index contributed by atoms with van der Waals surface area (Å²) in [5.74, 6) is -0.0602. The van der Waals surface area contributed by atoms with E-state index in [9.17, 15) is 15.0 Å². The molecule has 1 aromatic carbocycles. The van der Waals surface area contributed by atoms with Crippen molar-refractivity contribution in [1.82, 2.24) is 4.90 Å². The molecular weight excluding hydrogens is 362 g/mol. The molecule has 1 aromatic rings. The van der Waals surface area contributed by atoms with Crippen molar-refractivity contribution in [2.75, 3.05) is 13.1 Å². The van der Waals surface area contributed by atoms with Gasteiger partial charge in [0.25, 0.3) is 5.91 Å². The van der Waals surface area contributed by atoms with Crippen molar-refractivity contribution in [3.63, 3.8) is 0 Å². The van der Waals surface area contributed by atoms with Crippen LogP contribution >= 0.6 is 0 Å². The first-order valence-electron chi connectivity index (χ1n) is 11.0. The Morgan fingerprint density at radius 2 is 1.86 bits per heavy atom. The average molecular weight is 400 g/mol. The summed E-state index contributed by atoms with van der Waals surface area (Å²) in [7, 11) is 0. The summed E-state index contributed by atoms with van der Waals surface area (Å²) >= 11 is 0. The minimum atomic E-state index is -0.106. The predicted octanol–water partition coefficient (Wildman–Crippen LogP) is 5.91. The number of carbonyl (C=O) groups excluding carboxylic acids is 1. The summed E-state index contributed by atoms with van der Waals surface area (Å²) in [6.45, 7) is 9.87. The fourth-order valence-corrected chi connectivity index (χ4v) is 3.60. The highest BCUT2D eigenvalue weighted by Gasteiger charge is 2.28. The number of benzene rings is 1. The number of allylic oxidation sites excluding steroid dienone is 4. The van der Waals surface area contributed by atoms with Gasteiger partial charge in [-0.25, -0.2) is 0 Å². The third-order valence-corrected chi connectivity index (χ3v) is 5.62. The molecule has 0 unspecified atom stereocenters. The van der Waals surface area contributed by atoms with Crippen LogP contribution in [0.1, 0.15) is 87.7 Å². The summed E-state index contributed by atoms with van der Waals surface area (Å²) in [5.41, 5.74) is 4.13. The van der Waals surface area contributed by atoms with E-state index in [1.54, 1.807) is 11.0 Å². The summed E-state index contributed by atoms with van der Waals surface area (Å²) in [6, 6.07) is 1.70. The summed E-state index contributed by atoms with van der Waals surface area (Å²) in [6.07, 6.45) is 11.4. The van der Waals surface area contributed by atoms with Crippen molar-refractivity contribution < 1.29 is 15.0 Å². The Hall–Kier alpha value is -2.23. The molecule has 0 aromatic heterocycles. The number of likely N-dealkylation sites (tertiary alicyclic amines) is 1. The number of phenolic OH excluding ortho intramolecular Hbond substituents is 2. The highest BCUT2D eigenvalue weighted by atomic mass is 16.3. The van der Waals surface area contributed by atoms with E-state index in [1.807, 2.05) is 6.08 Å². The lowest BCUT2D eigenvalue weighted by Gasteiger charge is -2.32. The van der Waals surface area contributed by atoms with Gasteiger partial charge in [-0.05, 0) is 70.9 Å². The first kappa shape index (κ1) is 23.1. The molecule has 160 valence electrons. The maximum atomic E-state index is 13.0. The molecule has 4 heteroatoms. The van der Waals surface area contributed by atoms with Crippen LogP contribution in [0.15, 0.2) is 29.4 Å². The number of rotatable bonds is 10. The fourth-order valence-electron chi connectivity index (χ4n) is 3.60. The molecule has 2 N–H and O–H groups in total. The number of hydrogen-bond donors (Lipinski definition) is 2. The number of aromatic hydroxyl groups is 2. The van der Waals surface area contributed by atoms with Gasteiger partial charge in [0.15, 0.2) is 0 Å². The monoisotopic (exact) mass is 399 g/mol. The van der Waals surface area contributed by atoms with Gasteiger partial charge < -0.3 is 15.1 Å². The zero-order valence-corrected chi connectivity index (χ0v) is 18.6. The van der Waals surface area contributed by atoms with E-state index in [4.69, 9.17) is 0 Å². The normalized spacial score (nSPS) is 13.9. The summed E-state index contributed by atoms with van der Waals surface area (Å²) in [4.78, 5) is 14.7. The minimum Gasteiger partial charge on any atom is -0.508 e. The molecule has 2 rings (SSSR count). The maximum absolute atomic E-state index is 13.0. The van der Waals surface area contributed by atoms with E-state index < -0.39 is 0 Å². The quantitative estimate of drug-likeness (QED) is 0.380. The molecule has 1 saturated heterocycles. The van der Waals surface area contributed by atoms with Gasteiger partial charge >= 0.3 is 0 Å². The molecule has 1 fully saturated rings. The lowest BCUT2D eigenvalue weighted by Crippen LogP contribution is -2.42. The number of aryl methyl sites for hydroxylation is 1. The van der Waals surface area contributed by atoms with Gasteiger partial charge in [-0.2, -0.15) is 0 Å². The van der Waals surface area contributed by atoms with Crippen molar-refractivity contribution >= 4 is 5.91 Å². The van der Waals surface area contributed by atoms with E-state index in [-0.39, 0.29) is 17.4 Å². The van der Waals surface area contributed by atoms with Crippen LogP contribution in [0, 0.1) is 0 Å². The van der Waals surface area contributed by atoms with Crippen molar-refractivity contribution in [2.45, 2.75) is 79.1 Å². The Morgan fingerprint density at radius 3 is 2.45 bits per heavy atom. The zero-order valence-electron chi connectivity index (χ0n) is 18.6. The molecule has 1 aliphatic heterocycles. The van der Waals surface area contributed by atoms with Gasteiger partial charge in [-0.15, -0.1) is 0 Å². The second-order valence-corrected chi connectivity index (χ2v) is 8.43. The number of nitrogens with zero attached hydrogens (tertiary/aromatic N) is 1. The lowest BCUT2D eigenvalue weighted by atomic mass is 9.93. The minimum absolute atomic E-state index is 0.0400. The lowest BCUT2D eigenvalue weighted by molar-refractivity contribution is 0.0647. The Labute approximate surface area is 175 Å². The molecule has 1 amide bonds. The molecule has 0 bridgehead atoms. The largest absolute Gasteiger partial charge is 0.508 e. The molecule has 0 radical (unpaired) electrons. The second-order valence-electron chi connectivity index (χ2n) is 8.43. The van der Waals surface area contributed by atoms with Gasteiger partial charge in [0, 0.05) is 18.7 Å². The van der Waals surface area contributed by atoms with Crippen LogP contribution in [0.4, 0.5) is 0 Å². The van der Waals surface area contributed by atoms with Crippen LogP contribution in [0.2, 0.25) is 0 Å². The van der Waals surface area contributed by atoms with Gasteiger partial charge in [-0.3, -0.25) is 4.79 Å². The van der Waals surface area contributed by atoms with Crippen LogP contribution in [0.3, 0.4) is 0 Å². The van der Waals surface area contributed by atoms with Crippen LogP contribution in [-0.4, -0.2) is 34.1 Å². The predicted molar refractivity (Wildman–Crippen MR) is 120 cm³/mol. The molecule has 0 aliphatic carbocycles.